The molecule has 0 spiro atoms. The summed E-state index contributed by atoms with van der Waals surface area (Å²) < 4.78 is 0. The molecule has 1 saturated heterocycles. The number of hydrogen-bond acceptors (Lipinski definition) is 6. The molecule has 122 valence electrons. The van der Waals surface area contributed by atoms with Crippen LogP contribution in [0.2, 0.25) is 0 Å². The number of amidine groups is 1. The quantitative estimate of drug-likeness (QED) is 0.845. The van der Waals surface area contributed by atoms with Gasteiger partial charge in [-0.1, -0.05) is 12.1 Å². The number of thioether (sulfide) groups is 1. The van der Waals surface area contributed by atoms with Crippen molar-refractivity contribution in [3.63, 3.8) is 0 Å². The highest BCUT2D eigenvalue weighted by atomic mass is 32.2. The van der Waals surface area contributed by atoms with Crippen molar-refractivity contribution in [3.8, 4) is 0 Å². The number of carbonyl (C=O) groups is 2. The molecule has 1 N–H and O–H groups in total. The van der Waals surface area contributed by atoms with Crippen LogP contribution in [-0.2, 0) is 4.79 Å². The van der Waals surface area contributed by atoms with Gasteiger partial charge in [-0.15, -0.1) is 11.3 Å². The Morgan fingerprint density at radius 3 is 2.71 bits per heavy atom. The first kappa shape index (κ1) is 16.4. The number of rotatable bonds is 4. The van der Waals surface area contributed by atoms with Gasteiger partial charge in [-0.3, -0.25) is 9.69 Å². The van der Waals surface area contributed by atoms with Gasteiger partial charge in [-0.25, -0.2) is 9.78 Å². The first-order chi connectivity index (χ1) is 11.6. The smallest absolute Gasteiger partial charge is 0.335 e. The molecule has 0 aliphatic carbocycles. The van der Waals surface area contributed by atoms with Crippen LogP contribution in [0.1, 0.15) is 22.8 Å². The molecule has 0 radical (unpaired) electrons. The fraction of sp³-hybridized carbons (Fsp3) is 0.125. The molecule has 2 heterocycles. The Hall–Kier alpha value is -2.45. The van der Waals surface area contributed by atoms with Crippen molar-refractivity contribution in [3.05, 3.63) is 51.9 Å². The zero-order valence-electron chi connectivity index (χ0n) is 12.7. The summed E-state index contributed by atoms with van der Waals surface area (Å²) in [5, 5.41) is 12.0. The number of carbonyl (C=O) groups excluding carboxylic acids is 1. The van der Waals surface area contributed by atoms with Crippen LogP contribution in [0.3, 0.4) is 0 Å². The lowest BCUT2D eigenvalue weighted by atomic mass is 10.1. The predicted octanol–water partition coefficient (Wildman–Crippen LogP) is 3.47. The third-order valence-electron chi connectivity index (χ3n) is 3.27. The standard InChI is InChI=1S/C16H13N3O3S2/c1-2-19-13(20)12(24-16(19)18-15-17-7-8-23-15)9-10-3-5-11(6-4-10)14(21)22/h3-9H,2H2,1H3,(H,21,22)/b12-9-,18-16+. The molecule has 0 saturated carbocycles. The van der Waals surface area contributed by atoms with Crippen molar-refractivity contribution in [2.75, 3.05) is 6.54 Å². The molecule has 1 amide bonds. The molecular weight excluding hydrogens is 346 g/mol. The van der Waals surface area contributed by atoms with E-state index in [0.717, 1.165) is 5.56 Å². The van der Waals surface area contributed by atoms with Gasteiger partial charge in [0.1, 0.15) is 0 Å². The Morgan fingerprint density at radius 2 is 2.12 bits per heavy atom. The molecule has 24 heavy (non-hydrogen) atoms. The van der Waals surface area contributed by atoms with Crippen LogP contribution in [0.5, 0.6) is 0 Å². The summed E-state index contributed by atoms with van der Waals surface area (Å²) >= 11 is 2.70. The fourth-order valence-electron chi connectivity index (χ4n) is 2.10. The first-order valence-electron chi connectivity index (χ1n) is 7.11. The molecule has 1 aromatic carbocycles. The Labute approximate surface area is 146 Å². The molecule has 1 aliphatic heterocycles. The maximum absolute atomic E-state index is 12.5. The lowest BCUT2D eigenvalue weighted by Crippen LogP contribution is -2.28. The molecule has 1 aliphatic rings. The van der Waals surface area contributed by atoms with E-state index in [1.165, 1.54) is 35.2 Å². The number of carboxylic acid groups (broad SMARTS) is 1. The molecular formula is C16H13N3O3S2. The summed E-state index contributed by atoms with van der Waals surface area (Å²) in [4.78, 5) is 34.1. The zero-order valence-corrected chi connectivity index (χ0v) is 14.3. The van der Waals surface area contributed by atoms with Crippen molar-refractivity contribution >= 4 is 51.4 Å². The first-order valence-corrected chi connectivity index (χ1v) is 8.81. The SMILES string of the molecule is CCN1C(=O)/C(=C/c2ccc(C(=O)O)cc2)S/C1=N/c1nccs1. The monoisotopic (exact) mass is 359 g/mol. The van der Waals surface area contributed by atoms with E-state index in [2.05, 4.69) is 9.98 Å². The molecule has 1 aromatic heterocycles. The average Bonchev–Trinajstić information content (AvgIpc) is 3.17. The molecule has 3 rings (SSSR count). The number of likely N-dealkylation sites (N-methyl/N-ethyl adjacent to an activating group) is 1. The largest absolute Gasteiger partial charge is 0.478 e. The van der Waals surface area contributed by atoms with Crippen LogP contribution in [0.15, 0.2) is 45.7 Å². The third kappa shape index (κ3) is 3.39. The van der Waals surface area contributed by atoms with Crippen LogP contribution >= 0.6 is 23.1 Å². The molecule has 8 heteroatoms. The van der Waals surface area contributed by atoms with Gasteiger partial charge in [0.2, 0.25) is 5.13 Å². The number of nitrogens with zero attached hydrogens (tertiary/aromatic N) is 3. The van der Waals surface area contributed by atoms with Crippen LogP contribution in [-0.4, -0.2) is 38.6 Å². The summed E-state index contributed by atoms with van der Waals surface area (Å²) in [5.74, 6) is -1.09. The Morgan fingerprint density at radius 1 is 1.38 bits per heavy atom. The molecule has 2 aromatic rings. The summed E-state index contributed by atoms with van der Waals surface area (Å²) in [6.07, 6.45) is 3.41. The lowest BCUT2D eigenvalue weighted by molar-refractivity contribution is -0.122. The van der Waals surface area contributed by atoms with Gasteiger partial charge >= 0.3 is 5.97 Å². The van der Waals surface area contributed by atoms with Crippen molar-refractivity contribution in [2.24, 2.45) is 4.99 Å². The van der Waals surface area contributed by atoms with Gasteiger partial charge in [-0.2, -0.15) is 4.99 Å². The topological polar surface area (TPSA) is 82.9 Å². The predicted molar refractivity (Wildman–Crippen MR) is 95.6 cm³/mol. The minimum atomic E-state index is -0.976. The number of hydrogen-bond donors (Lipinski definition) is 1. The normalized spacial score (nSPS) is 17.9. The lowest BCUT2D eigenvalue weighted by Gasteiger charge is -2.11. The van der Waals surface area contributed by atoms with Gasteiger partial charge in [0.15, 0.2) is 5.17 Å². The van der Waals surface area contributed by atoms with Crippen molar-refractivity contribution < 1.29 is 14.7 Å². The van der Waals surface area contributed by atoms with E-state index < -0.39 is 5.97 Å². The number of aromatic nitrogens is 1. The van der Waals surface area contributed by atoms with Crippen molar-refractivity contribution in [1.82, 2.24) is 9.88 Å². The second-order valence-electron chi connectivity index (χ2n) is 4.80. The van der Waals surface area contributed by atoms with E-state index >= 15 is 0 Å². The number of carboxylic acids is 1. The maximum Gasteiger partial charge on any atom is 0.335 e. The number of benzene rings is 1. The van der Waals surface area contributed by atoms with Crippen molar-refractivity contribution in [1.29, 1.82) is 0 Å². The zero-order chi connectivity index (χ0) is 17.1. The second kappa shape index (κ2) is 6.98. The van der Waals surface area contributed by atoms with Crippen molar-refractivity contribution in [2.45, 2.75) is 6.92 Å². The summed E-state index contributed by atoms with van der Waals surface area (Å²) in [7, 11) is 0. The number of amides is 1. The van der Waals surface area contributed by atoms with Crippen LogP contribution < -0.4 is 0 Å². The second-order valence-corrected chi connectivity index (χ2v) is 6.68. The summed E-state index contributed by atoms with van der Waals surface area (Å²) in [6.45, 7) is 2.41. The van der Waals surface area contributed by atoms with Gasteiger partial charge in [0.25, 0.3) is 5.91 Å². The van der Waals surface area contributed by atoms with Crippen LogP contribution in [0.25, 0.3) is 6.08 Å². The molecule has 6 nitrogen and oxygen atoms in total. The highest BCUT2D eigenvalue weighted by molar-refractivity contribution is 8.18. The number of aromatic carboxylic acids is 1. The van der Waals surface area contributed by atoms with E-state index in [4.69, 9.17) is 5.11 Å². The number of aliphatic imine (C=N–C) groups is 1. The molecule has 0 atom stereocenters. The van der Waals surface area contributed by atoms with Gasteiger partial charge in [0.05, 0.1) is 10.5 Å². The fourth-order valence-corrected chi connectivity index (χ4v) is 3.70. The average molecular weight is 359 g/mol. The molecule has 0 bridgehead atoms. The minimum absolute atomic E-state index is 0.111. The van der Waals surface area contributed by atoms with E-state index in [1.807, 2.05) is 12.3 Å². The van der Waals surface area contributed by atoms with Gasteiger partial charge in [0, 0.05) is 18.1 Å². The van der Waals surface area contributed by atoms with Gasteiger partial charge in [-0.05, 0) is 42.5 Å². The van der Waals surface area contributed by atoms with E-state index in [9.17, 15) is 9.59 Å². The van der Waals surface area contributed by atoms with E-state index in [-0.39, 0.29) is 11.5 Å². The van der Waals surface area contributed by atoms with Crippen LogP contribution in [0, 0.1) is 0 Å². The maximum atomic E-state index is 12.5. The Balaban J connectivity index is 1.88. The number of thiazole rings is 1. The summed E-state index contributed by atoms with van der Waals surface area (Å²) in [5.41, 5.74) is 0.978. The van der Waals surface area contributed by atoms with E-state index in [0.29, 0.717) is 21.7 Å². The Bertz CT molecular complexity index is 827. The third-order valence-corrected chi connectivity index (χ3v) is 4.94. The highest BCUT2D eigenvalue weighted by Crippen LogP contribution is 2.34. The van der Waals surface area contributed by atoms with Crippen LogP contribution in [0.4, 0.5) is 5.13 Å². The minimum Gasteiger partial charge on any atom is -0.478 e. The summed E-state index contributed by atoms with van der Waals surface area (Å²) in [6, 6.07) is 6.38. The van der Waals surface area contributed by atoms with E-state index in [1.54, 1.807) is 29.3 Å². The molecule has 0 unspecified atom stereocenters. The molecule has 1 fully saturated rings. The Kier molecular flexibility index (Phi) is 4.77. The van der Waals surface area contributed by atoms with Gasteiger partial charge < -0.3 is 5.11 Å². The highest BCUT2D eigenvalue weighted by Gasteiger charge is 2.32.